The van der Waals surface area contributed by atoms with E-state index in [0.29, 0.717) is 22.9 Å². The van der Waals surface area contributed by atoms with Crippen LogP contribution in [0.25, 0.3) is 0 Å². The van der Waals surface area contributed by atoms with Crippen LogP contribution in [0.3, 0.4) is 0 Å². The number of halogens is 3. The second kappa shape index (κ2) is 6.21. The average molecular weight is 283 g/mol. The first-order chi connectivity index (χ1) is 8.70. The van der Waals surface area contributed by atoms with E-state index in [1.165, 1.54) is 6.07 Å². The zero-order valence-corrected chi connectivity index (χ0v) is 11.3. The van der Waals surface area contributed by atoms with Crippen LogP contribution < -0.4 is 0 Å². The van der Waals surface area contributed by atoms with Crippen molar-refractivity contribution in [2.45, 2.75) is 12.3 Å². The van der Waals surface area contributed by atoms with E-state index in [9.17, 15) is 4.39 Å². The van der Waals surface area contributed by atoms with Gasteiger partial charge in [0.2, 0.25) is 0 Å². The molecule has 1 unspecified atom stereocenters. The average Bonchev–Trinajstić information content (AvgIpc) is 2.38. The minimum atomic E-state index is -0.186. The third kappa shape index (κ3) is 3.24. The van der Waals surface area contributed by atoms with E-state index in [1.54, 1.807) is 12.1 Å². The van der Waals surface area contributed by atoms with Crippen molar-refractivity contribution in [2.24, 2.45) is 0 Å². The van der Waals surface area contributed by atoms with E-state index in [-0.39, 0.29) is 11.7 Å². The molecule has 0 bridgehead atoms. The standard InChI is InChI=1S/C15H13Cl2F/c16-10-13(11-5-3-6-14(17)9-11)8-12-4-1-2-7-15(12)18/h1-7,9,13H,8,10H2. The van der Waals surface area contributed by atoms with Crippen molar-refractivity contribution in [3.05, 3.63) is 70.5 Å². The van der Waals surface area contributed by atoms with E-state index >= 15 is 0 Å². The maximum Gasteiger partial charge on any atom is 0.126 e. The molecule has 2 rings (SSSR count). The molecule has 0 aromatic heterocycles. The van der Waals surface area contributed by atoms with Crippen LogP contribution >= 0.6 is 23.2 Å². The first kappa shape index (κ1) is 13.4. The lowest BCUT2D eigenvalue weighted by atomic mass is 9.93. The fraction of sp³-hybridized carbons (Fsp3) is 0.200. The summed E-state index contributed by atoms with van der Waals surface area (Å²) < 4.78 is 13.6. The van der Waals surface area contributed by atoms with Gasteiger partial charge in [0.25, 0.3) is 0 Å². The van der Waals surface area contributed by atoms with Gasteiger partial charge in [-0.1, -0.05) is 41.9 Å². The van der Waals surface area contributed by atoms with Gasteiger partial charge >= 0.3 is 0 Å². The summed E-state index contributed by atoms with van der Waals surface area (Å²) in [6, 6.07) is 14.3. The summed E-state index contributed by atoms with van der Waals surface area (Å²) in [4.78, 5) is 0. The van der Waals surface area contributed by atoms with Crippen molar-refractivity contribution < 1.29 is 4.39 Å². The molecule has 18 heavy (non-hydrogen) atoms. The normalized spacial score (nSPS) is 12.4. The van der Waals surface area contributed by atoms with Gasteiger partial charge in [0.05, 0.1) is 0 Å². The van der Waals surface area contributed by atoms with Crippen LogP contribution in [-0.4, -0.2) is 5.88 Å². The van der Waals surface area contributed by atoms with Crippen LogP contribution in [-0.2, 0) is 6.42 Å². The predicted molar refractivity (Wildman–Crippen MR) is 75.0 cm³/mol. The molecule has 94 valence electrons. The number of rotatable bonds is 4. The molecule has 0 amide bonds. The third-order valence-electron chi connectivity index (χ3n) is 2.93. The summed E-state index contributed by atoms with van der Waals surface area (Å²) in [7, 11) is 0. The van der Waals surface area contributed by atoms with Crippen molar-refractivity contribution in [3.8, 4) is 0 Å². The molecule has 0 heterocycles. The highest BCUT2D eigenvalue weighted by molar-refractivity contribution is 6.30. The summed E-state index contributed by atoms with van der Waals surface area (Å²) in [5, 5.41) is 0.677. The lowest BCUT2D eigenvalue weighted by Gasteiger charge is -2.15. The fourth-order valence-corrected chi connectivity index (χ4v) is 2.44. The minimum Gasteiger partial charge on any atom is -0.207 e. The van der Waals surface area contributed by atoms with E-state index in [1.807, 2.05) is 30.3 Å². The van der Waals surface area contributed by atoms with Gasteiger partial charge < -0.3 is 0 Å². The van der Waals surface area contributed by atoms with E-state index < -0.39 is 0 Å². The SMILES string of the molecule is Fc1ccccc1CC(CCl)c1cccc(Cl)c1. The van der Waals surface area contributed by atoms with Crippen molar-refractivity contribution in [1.82, 2.24) is 0 Å². The zero-order chi connectivity index (χ0) is 13.0. The summed E-state index contributed by atoms with van der Waals surface area (Å²) in [6.07, 6.45) is 0.580. The Labute approximate surface area is 116 Å². The summed E-state index contributed by atoms with van der Waals surface area (Å²) >= 11 is 12.0. The molecule has 0 aliphatic rings. The molecule has 2 aromatic rings. The van der Waals surface area contributed by atoms with Gasteiger partial charge in [-0.05, 0) is 35.7 Å². The van der Waals surface area contributed by atoms with Gasteiger partial charge in [0, 0.05) is 16.8 Å². The Morgan fingerprint density at radius 3 is 2.50 bits per heavy atom. The molecule has 2 aromatic carbocycles. The number of hydrogen-bond acceptors (Lipinski definition) is 0. The van der Waals surface area contributed by atoms with Crippen LogP contribution in [0, 0.1) is 5.82 Å². The number of alkyl halides is 1. The highest BCUT2D eigenvalue weighted by atomic mass is 35.5. The Hall–Kier alpha value is -1.05. The largest absolute Gasteiger partial charge is 0.207 e. The predicted octanol–water partition coefficient (Wildman–Crippen LogP) is 5.04. The lowest BCUT2D eigenvalue weighted by Crippen LogP contribution is -2.06. The molecular weight excluding hydrogens is 270 g/mol. The molecule has 0 N–H and O–H groups in total. The van der Waals surface area contributed by atoms with E-state index in [2.05, 4.69) is 0 Å². The van der Waals surface area contributed by atoms with Gasteiger partial charge in [0.15, 0.2) is 0 Å². The maximum atomic E-state index is 13.6. The van der Waals surface area contributed by atoms with Crippen molar-refractivity contribution in [2.75, 3.05) is 5.88 Å². The first-order valence-corrected chi connectivity index (χ1v) is 6.67. The minimum absolute atomic E-state index is 0.0715. The van der Waals surface area contributed by atoms with Gasteiger partial charge in [-0.2, -0.15) is 0 Å². The second-order valence-corrected chi connectivity index (χ2v) is 4.95. The Morgan fingerprint density at radius 2 is 1.83 bits per heavy atom. The summed E-state index contributed by atoms with van der Waals surface area (Å²) in [5.41, 5.74) is 1.73. The molecule has 0 aliphatic carbocycles. The van der Waals surface area contributed by atoms with Gasteiger partial charge in [-0.15, -0.1) is 11.6 Å². The van der Waals surface area contributed by atoms with Crippen molar-refractivity contribution in [1.29, 1.82) is 0 Å². The summed E-state index contributed by atoms with van der Waals surface area (Å²) in [6.45, 7) is 0. The molecule has 0 saturated heterocycles. The van der Waals surface area contributed by atoms with Crippen LogP contribution in [0.2, 0.25) is 5.02 Å². The Balaban J connectivity index is 2.23. The molecule has 3 heteroatoms. The smallest absolute Gasteiger partial charge is 0.126 e. The number of hydrogen-bond donors (Lipinski definition) is 0. The van der Waals surface area contributed by atoms with Crippen molar-refractivity contribution in [3.63, 3.8) is 0 Å². The monoisotopic (exact) mass is 282 g/mol. The molecule has 0 saturated carbocycles. The van der Waals surface area contributed by atoms with Gasteiger partial charge in [-0.25, -0.2) is 4.39 Å². The highest BCUT2D eigenvalue weighted by Gasteiger charge is 2.13. The molecule has 0 radical (unpaired) electrons. The molecule has 0 aliphatic heterocycles. The van der Waals surface area contributed by atoms with E-state index in [0.717, 1.165) is 5.56 Å². The number of benzene rings is 2. The molecule has 0 spiro atoms. The van der Waals surface area contributed by atoms with Gasteiger partial charge in [-0.3, -0.25) is 0 Å². The van der Waals surface area contributed by atoms with Crippen LogP contribution in [0.5, 0.6) is 0 Å². The topological polar surface area (TPSA) is 0 Å². The Bertz CT molecular complexity index is 525. The van der Waals surface area contributed by atoms with Crippen LogP contribution in [0.15, 0.2) is 48.5 Å². The Kier molecular flexibility index (Phi) is 4.62. The quantitative estimate of drug-likeness (QED) is 0.689. The van der Waals surface area contributed by atoms with Crippen LogP contribution in [0.4, 0.5) is 4.39 Å². The molecular formula is C15H13Cl2F. The fourth-order valence-electron chi connectivity index (χ4n) is 1.95. The second-order valence-electron chi connectivity index (χ2n) is 4.20. The maximum absolute atomic E-state index is 13.6. The highest BCUT2D eigenvalue weighted by Crippen LogP contribution is 2.25. The third-order valence-corrected chi connectivity index (χ3v) is 3.54. The zero-order valence-electron chi connectivity index (χ0n) is 9.74. The Morgan fingerprint density at radius 1 is 1.06 bits per heavy atom. The van der Waals surface area contributed by atoms with Crippen molar-refractivity contribution >= 4 is 23.2 Å². The van der Waals surface area contributed by atoms with Crippen LogP contribution in [0.1, 0.15) is 17.0 Å². The van der Waals surface area contributed by atoms with E-state index in [4.69, 9.17) is 23.2 Å². The van der Waals surface area contributed by atoms with Gasteiger partial charge in [0.1, 0.15) is 5.82 Å². The molecule has 0 fully saturated rings. The first-order valence-electron chi connectivity index (χ1n) is 5.75. The molecule has 0 nitrogen and oxygen atoms in total. The lowest BCUT2D eigenvalue weighted by molar-refractivity contribution is 0.598. The summed E-state index contributed by atoms with van der Waals surface area (Å²) in [5.74, 6) is 0.325. The molecule has 1 atom stereocenters.